The maximum absolute atomic E-state index is 12.6. The number of benzene rings is 2. The van der Waals surface area contributed by atoms with Crippen LogP contribution in [0, 0.1) is 5.92 Å². The monoisotopic (exact) mass is 514 g/mol. The van der Waals surface area contributed by atoms with Gasteiger partial charge in [-0.25, -0.2) is 0 Å². The zero-order chi connectivity index (χ0) is 22.2. The van der Waals surface area contributed by atoms with Crippen molar-refractivity contribution in [2.45, 2.75) is 30.7 Å². The number of thioether (sulfide) groups is 1. The van der Waals surface area contributed by atoms with Gasteiger partial charge in [0.15, 0.2) is 0 Å². The summed E-state index contributed by atoms with van der Waals surface area (Å²) in [6.07, 6.45) is 2.88. The highest BCUT2D eigenvalue weighted by Gasteiger charge is 2.26. The number of rotatable bonds is 9. The molecule has 32 heavy (non-hydrogen) atoms. The molecule has 1 aromatic heterocycles. The zero-order valence-electron chi connectivity index (χ0n) is 17.9. The quantitative estimate of drug-likeness (QED) is 0.319. The predicted octanol–water partition coefficient (Wildman–Crippen LogP) is 5.01. The zero-order valence-corrected chi connectivity index (χ0v) is 20.3. The number of carbonyl (C=O) groups is 1. The molecule has 1 N–H and O–H groups in total. The van der Waals surface area contributed by atoms with Gasteiger partial charge in [-0.2, -0.15) is 4.98 Å². The molecule has 2 heterocycles. The number of halogens is 1. The van der Waals surface area contributed by atoms with Crippen LogP contribution in [-0.4, -0.2) is 46.3 Å². The van der Waals surface area contributed by atoms with Gasteiger partial charge in [0.1, 0.15) is 0 Å². The molecule has 1 saturated heterocycles. The van der Waals surface area contributed by atoms with E-state index in [-0.39, 0.29) is 11.8 Å². The number of carbonyl (C=O) groups excluding carboxylic acids is 1. The first kappa shape index (κ1) is 23.0. The lowest BCUT2D eigenvalue weighted by Crippen LogP contribution is -2.43. The van der Waals surface area contributed by atoms with Gasteiger partial charge >= 0.3 is 0 Å². The smallest absolute Gasteiger partial charge is 0.241 e. The summed E-state index contributed by atoms with van der Waals surface area (Å²) in [6, 6.07) is 18.2. The number of nitrogens with zero attached hydrogens (tertiary/aromatic N) is 3. The molecular formula is C24H27BrN4O2S. The van der Waals surface area contributed by atoms with Gasteiger partial charge in [-0.05, 0) is 68.0 Å². The van der Waals surface area contributed by atoms with Crippen molar-refractivity contribution in [3.63, 3.8) is 0 Å². The third-order valence-electron chi connectivity index (χ3n) is 5.44. The second-order valence-electron chi connectivity index (χ2n) is 7.90. The molecular weight excluding hydrogens is 488 g/mol. The maximum Gasteiger partial charge on any atom is 0.241 e. The average molecular weight is 515 g/mol. The topological polar surface area (TPSA) is 71.3 Å². The van der Waals surface area contributed by atoms with Crippen LogP contribution in [0.3, 0.4) is 0 Å². The molecule has 4 rings (SSSR count). The number of likely N-dealkylation sites (tertiary alicyclic amines) is 1. The van der Waals surface area contributed by atoms with Gasteiger partial charge in [-0.1, -0.05) is 39.3 Å². The van der Waals surface area contributed by atoms with E-state index in [2.05, 4.69) is 60.6 Å². The van der Waals surface area contributed by atoms with Crippen LogP contribution in [0.15, 0.2) is 68.5 Å². The second kappa shape index (κ2) is 11.6. The van der Waals surface area contributed by atoms with Gasteiger partial charge in [0.25, 0.3) is 0 Å². The Morgan fingerprint density at radius 1 is 1.19 bits per heavy atom. The van der Waals surface area contributed by atoms with Crippen molar-refractivity contribution in [1.29, 1.82) is 0 Å². The molecule has 3 aromatic rings. The molecule has 168 valence electrons. The van der Waals surface area contributed by atoms with E-state index < -0.39 is 0 Å². The first-order valence-electron chi connectivity index (χ1n) is 10.9. The minimum absolute atomic E-state index is 0.0133. The summed E-state index contributed by atoms with van der Waals surface area (Å²) < 4.78 is 6.47. The number of nitrogens with one attached hydrogen (secondary N) is 1. The minimum Gasteiger partial charge on any atom is -0.356 e. The third-order valence-corrected chi connectivity index (χ3v) is 7.06. The van der Waals surface area contributed by atoms with Crippen molar-refractivity contribution >= 4 is 33.6 Å². The highest BCUT2D eigenvalue weighted by Crippen LogP contribution is 2.22. The van der Waals surface area contributed by atoms with Crippen molar-refractivity contribution in [3.8, 4) is 11.4 Å². The van der Waals surface area contributed by atoms with Gasteiger partial charge in [0.05, 0.1) is 12.5 Å². The maximum atomic E-state index is 12.6. The van der Waals surface area contributed by atoms with Gasteiger partial charge in [-0.15, -0.1) is 11.8 Å². The van der Waals surface area contributed by atoms with Crippen molar-refractivity contribution in [2.24, 2.45) is 5.92 Å². The lowest BCUT2D eigenvalue weighted by molar-refractivity contribution is -0.126. The molecule has 1 atom stereocenters. The fourth-order valence-electron chi connectivity index (χ4n) is 3.77. The number of amides is 1. The number of hydrogen-bond donors (Lipinski definition) is 1. The summed E-state index contributed by atoms with van der Waals surface area (Å²) in [5.74, 6) is 2.34. The fourth-order valence-corrected chi connectivity index (χ4v) is 4.91. The average Bonchev–Trinajstić information content (AvgIpc) is 3.28. The molecule has 1 unspecified atom stereocenters. The van der Waals surface area contributed by atoms with Crippen LogP contribution < -0.4 is 5.32 Å². The molecule has 8 heteroatoms. The molecule has 2 aromatic carbocycles. The molecule has 0 radical (unpaired) electrons. The Morgan fingerprint density at radius 3 is 2.81 bits per heavy atom. The predicted molar refractivity (Wildman–Crippen MR) is 130 cm³/mol. The largest absolute Gasteiger partial charge is 0.356 e. The van der Waals surface area contributed by atoms with E-state index in [0.717, 1.165) is 54.7 Å². The van der Waals surface area contributed by atoms with Gasteiger partial charge in [-0.3, -0.25) is 9.69 Å². The molecule has 0 aliphatic carbocycles. The van der Waals surface area contributed by atoms with Crippen molar-refractivity contribution < 1.29 is 9.32 Å². The van der Waals surface area contributed by atoms with Crippen molar-refractivity contribution in [1.82, 2.24) is 20.4 Å². The lowest BCUT2D eigenvalue weighted by Gasteiger charge is -2.30. The molecule has 1 aliphatic rings. The molecule has 1 amide bonds. The van der Waals surface area contributed by atoms with E-state index in [1.807, 2.05) is 42.1 Å². The first-order chi connectivity index (χ1) is 15.7. The Kier molecular flexibility index (Phi) is 8.36. The first-order valence-corrected chi connectivity index (χ1v) is 12.7. The molecule has 1 fully saturated rings. The standard InChI is InChI=1S/C24H27BrN4O2S/c25-20-11-9-18(10-12-20)23-27-22(31-28-23)17-29-14-4-6-19(16-29)24(30)26-13-5-15-32-21-7-2-1-3-8-21/h1-3,7-12,19H,4-6,13-17H2,(H,26,30). The Hall–Kier alpha value is -2.16. The molecule has 0 saturated carbocycles. The van der Waals surface area contributed by atoms with E-state index in [9.17, 15) is 4.79 Å². The summed E-state index contributed by atoms with van der Waals surface area (Å²) in [5, 5.41) is 7.23. The SMILES string of the molecule is O=C(NCCCSc1ccccc1)C1CCCN(Cc2nc(-c3ccc(Br)cc3)no2)C1. The molecule has 1 aliphatic heterocycles. The van der Waals surface area contributed by atoms with Crippen LogP contribution in [0.4, 0.5) is 0 Å². The summed E-state index contributed by atoms with van der Waals surface area (Å²) in [4.78, 5) is 20.7. The van der Waals surface area contributed by atoms with E-state index in [0.29, 0.717) is 18.3 Å². The van der Waals surface area contributed by atoms with Crippen LogP contribution in [-0.2, 0) is 11.3 Å². The molecule has 0 spiro atoms. The summed E-state index contributed by atoms with van der Waals surface area (Å²) in [7, 11) is 0. The Labute approximate surface area is 201 Å². The summed E-state index contributed by atoms with van der Waals surface area (Å²) >= 11 is 5.26. The highest BCUT2D eigenvalue weighted by atomic mass is 79.9. The Bertz CT molecular complexity index is 997. The Balaban J connectivity index is 1.20. The Morgan fingerprint density at radius 2 is 2.00 bits per heavy atom. The normalized spacial score (nSPS) is 16.7. The second-order valence-corrected chi connectivity index (χ2v) is 9.98. The van der Waals surface area contributed by atoms with Crippen molar-refractivity contribution in [3.05, 3.63) is 65.0 Å². The van der Waals surface area contributed by atoms with E-state index in [1.165, 1.54) is 4.90 Å². The van der Waals surface area contributed by atoms with Gasteiger partial charge < -0.3 is 9.84 Å². The van der Waals surface area contributed by atoms with E-state index in [1.54, 1.807) is 0 Å². The summed E-state index contributed by atoms with van der Waals surface area (Å²) in [6.45, 7) is 2.95. The highest BCUT2D eigenvalue weighted by molar-refractivity contribution is 9.10. The number of aromatic nitrogens is 2. The summed E-state index contributed by atoms with van der Waals surface area (Å²) in [5.41, 5.74) is 0.921. The minimum atomic E-state index is 0.0133. The van der Waals surface area contributed by atoms with Gasteiger partial charge in [0.2, 0.25) is 17.6 Å². The third kappa shape index (κ3) is 6.67. The van der Waals surface area contributed by atoms with Crippen molar-refractivity contribution in [2.75, 3.05) is 25.4 Å². The van der Waals surface area contributed by atoms with Crippen LogP contribution in [0.1, 0.15) is 25.2 Å². The van der Waals surface area contributed by atoms with E-state index >= 15 is 0 Å². The fraction of sp³-hybridized carbons (Fsp3) is 0.375. The van der Waals surface area contributed by atoms with Crippen LogP contribution >= 0.6 is 27.7 Å². The molecule has 6 nitrogen and oxygen atoms in total. The van der Waals surface area contributed by atoms with Crippen LogP contribution in [0.25, 0.3) is 11.4 Å². The van der Waals surface area contributed by atoms with Gasteiger partial charge in [0, 0.05) is 28.0 Å². The molecule has 0 bridgehead atoms. The van der Waals surface area contributed by atoms with E-state index in [4.69, 9.17) is 4.52 Å². The number of piperidine rings is 1. The number of hydrogen-bond acceptors (Lipinski definition) is 6. The van der Waals surface area contributed by atoms with Crippen LogP contribution in [0.5, 0.6) is 0 Å². The lowest BCUT2D eigenvalue weighted by atomic mass is 9.97. The van der Waals surface area contributed by atoms with Crippen LogP contribution in [0.2, 0.25) is 0 Å².